The Labute approximate surface area is 260 Å². The number of carbonyl (C=O) groups is 3. The number of rotatable bonds is 5. The van der Waals surface area contributed by atoms with E-state index in [-0.39, 0.29) is 38.4 Å². The molecule has 1 aliphatic rings. The number of carbonyl (C=O) groups excluding carboxylic acids is 3. The van der Waals surface area contributed by atoms with E-state index in [2.05, 4.69) is 51.4 Å². The van der Waals surface area contributed by atoms with E-state index < -0.39 is 34.1 Å². The molecule has 0 radical (unpaired) electrons. The van der Waals surface area contributed by atoms with E-state index >= 15 is 0 Å². The van der Waals surface area contributed by atoms with E-state index in [0.717, 1.165) is 0 Å². The average molecular weight is 621 g/mol. The zero-order chi connectivity index (χ0) is 30.3. The van der Waals surface area contributed by atoms with Crippen LogP contribution in [0.25, 0.3) is 0 Å². The molecule has 0 heterocycles. The second-order valence-electron chi connectivity index (χ2n) is 10.9. The molecule has 3 aromatic carbocycles. The first kappa shape index (κ1) is 37.7. The van der Waals surface area contributed by atoms with Gasteiger partial charge in [-0.1, -0.05) is 130 Å². The summed E-state index contributed by atoms with van der Waals surface area (Å²) in [6, 6.07) is 24.2. The van der Waals surface area contributed by atoms with Crippen LogP contribution in [0.15, 0.2) is 107 Å². The zero-order valence-electron chi connectivity index (χ0n) is 24.4. The molecule has 0 spiro atoms. The normalized spacial score (nSPS) is 11.8. The molecule has 0 atom stereocenters. The molecule has 0 bridgehead atoms. The molecule has 3 aromatic rings. The minimum Gasteiger partial charge on any atom is -0.545 e. The van der Waals surface area contributed by atoms with Gasteiger partial charge in [0.25, 0.3) is 0 Å². The van der Waals surface area contributed by atoms with Crippen LogP contribution in [-0.2, 0) is 21.7 Å². The molecule has 0 aliphatic heterocycles. The van der Waals surface area contributed by atoms with Crippen molar-refractivity contribution < 1.29 is 51.4 Å². The number of allylic oxidation sites excluding steroid dienone is 4. The van der Waals surface area contributed by atoms with Crippen LogP contribution < -0.4 is 15.3 Å². The molecule has 9 heteroatoms. The van der Waals surface area contributed by atoms with E-state index in [9.17, 15) is 29.7 Å². The SMILES string of the molecule is C[Si](C)(C)C1=[C-]C([Si](C)(C)C)=CC1.O=C([O-])c1ccccc1.O=C([O-])c1ccccc1.O=C([O-])c1ccccc1.[Ti+4]. The summed E-state index contributed by atoms with van der Waals surface area (Å²) in [5.41, 5.74) is 0.660. The summed E-state index contributed by atoms with van der Waals surface area (Å²) < 4.78 is 0. The summed E-state index contributed by atoms with van der Waals surface area (Å²) in [7, 11) is -2.16. The van der Waals surface area contributed by atoms with Crippen molar-refractivity contribution in [3.63, 3.8) is 0 Å². The van der Waals surface area contributed by atoms with Crippen LogP contribution >= 0.6 is 0 Å². The van der Waals surface area contributed by atoms with Crippen molar-refractivity contribution >= 4 is 34.1 Å². The van der Waals surface area contributed by atoms with Crippen molar-refractivity contribution in [1.29, 1.82) is 0 Å². The average Bonchev–Trinajstić information content (AvgIpc) is 3.44. The second-order valence-corrected chi connectivity index (χ2v) is 21.0. The number of carboxylic acids is 3. The van der Waals surface area contributed by atoms with E-state index in [1.165, 1.54) is 42.8 Å². The summed E-state index contributed by atoms with van der Waals surface area (Å²) >= 11 is 0. The Morgan fingerprint density at radius 3 is 1.00 bits per heavy atom. The fraction of sp³-hybridized carbons (Fsp3) is 0.219. The maximum Gasteiger partial charge on any atom is 4.00 e. The maximum absolute atomic E-state index is 10.1. The predicted molar refractivity (Wildman–Crippen MR) is 158 cm³/mol. The molecule has 0 unspecified atom stereocenters. The molecule has 0 fully saturated rings. The van der Waals surface area contributed by atoms with Gasteiger partial charge in [-0.05, 0) is 16.7 Å². The van der Waals surface area contributed by atoms with E-state index in [0.29, 0.717) is 0 Å². The third kappa shape index (κ3) is 15.3. The predicted octanol–water partition coefficient (Wildman–Crippen LogP) is 3.95. The van der Waals surface area contributed by atoms with Crippen LogP contribution in [-0.4, -0.2) is 34.1 Å². The van der Waals surface area contributed by atoms with Gasteiger partial charge in [-0.3, -0.25) is 6.08 Å². The third-order valence-corrected chi connectivity index (χ3v) is 9.62. The Bertz CT molecular complexity index is 1180. The largest absolute Gasteiger partial charge is 4.00 e. The molecular weight excluding hydrogens is 584 g/mol. The van der Waals surface area contributed by atoms with Gasteiger partial charge in [0.05, 0.1) is 26.0 Å². The molecule has 6 nitrogen and oxygen atoms in total. The van der Waals surface area contributed by atoms with E-state index in [1.807, 2.05) is 0 Å². The Morgan fingerprint density at radius 1 is 0.561 bits per heavy atom. The van der Waals surface area contributed by atoms with Gasteiger partial charge in [0.2, 0.25) is 0 Å². The van der Waals surface area contributed by atoms with Crippen molar-refractivity contribution in [2.45, 2.75) is 45.7 Å². The molecule has 0 saturated heterocycles. The van der Waals surface area contributed by atoms with Crippen LogP contribution in [0.3, 0.4) is 0 Å². The molecule has 41 heavy (non-hydrogen) atoms. The van der Waals surface area contributed by atoms with Crippen molar-refractivity contribution in [2.75, 3.05) is 0 Å². The summed E-state index contributed by atoms with van der Waals surface area (Å²) in [4.78, 5) is 30.3. The zero-order valence-corrected chi connectivity index (χ0v) is 28.0. The van der Waals surface area contributed by atoms with Crippen LogP contribution in [0.4, 0.5) is 0 Å². The van der Waals surface area contributed by atoms with Crippen molar-refractivity contribution in [3.05, 3.63) is 130 Å². The number of aromatic carboxylic acids is 3. The summed E-state index contributed by atoms with van der Waals surface area (Å²) in [6.45, 7) is 14.4. The van der Waals surface area contributed by atoms with Gasteiger partial charge in [0.15, 0.2) is 0 Å². The minimum atomic E-state index is -1.13. The molecular formula is C32H36O6Si2Ti. The van der Waals surface area contributed by atoms with Gasteiger partial charge in [-0.25, -0.2) is 11.3 Å². The van der Waals surface area contributed by atoms with Crippen molar-refractivity contribution in [2.24, 2.45) is 0 Å². The molecule has 0 aromatic heterocycles. The number of carboxylic acid groups (broad SMARTS) is 3. The summed E-state index contributed by atoms with van der Waals surface area (Å²) in [5, 5.41) is 33.4. The monoisotopic (exact) mass is 620 g/mol. The first-order valence-corrected chi connectivity index (χ1v) is 19.8. The van der Waals surface area contributed by atoms with Crippen LogP contribution in [0.1, 0.15) is 37.5 Å². The topological polar surface area (TPSA) is 120 Å². The molecule has 1 aliphatic carbocycles. The van der Waals surface area contributed by atoms with E-state index in [1.54, 1.807) is 65.0 Å². The molecule has 0 N–H and O–H groups in total. The fourth-order valence-corrected chi connectivity index (χ4v) is 5.77. The molecule has 0 amide bonds. The molecule has 0 saturated carbocycles. The van der Waals surface area contributed by atoms with Crippen molar-refractivity contribution in [3.8, 4) is 0 Å². The Kier molecular flexibility index (Phi) is 16.7. The first-order chi connectivity index (χ1) is 18.6. The smallest absolute Gasteiger partial charge is 0.545 e. The maximum atomic E-state index is 10.1. The van der Waals surface area contributed by atoms with Crippen molar-refractivity contribution in [1.82, 2.24) is 0 Å². The Balaban J connectivity index is 0.000000523. The number of hydrogen-bond acceptors (Lipinski definition) is 6. The molecule has 4 rings (SSSR count). The van der Waals surface area contributed by atoms with Gasteiger partial charge < -0.3 is 29.7 Å². The Morgan fingerprint density at radius 2 is 0.854 bits per heavy atom. The third-order valence-electron chi connectivity index (χ3n) is 5.54. The number of benzene rings is 3. The quantitative estimate of drug-likeness (QED) is 0.315. The van der Waals surface area contributed by atoms with E-state index in [4.69, 9.17) is 0 Å². The summed E-state index contributed by atoms with van der Waals surface area (Å²) in [6.07, 6.45) is 7.28. The minimum absolute atomic E-state index is 0. The first-order valence-electron chi connectivity index (χ1n) is 12.8. The van der Waals surface area contributed by atoms with Crippen LogP contribution in [0, 0.1) is 6.08 Å². The van der Waals surface area contributed by atoms with Crippen LogP contribution in [0.2, 0.25) is 39.3 Å². The van der Waals surface area contributed by atoms with Gasteiger partial charge in [-0.15, -0.1) is 6.42 Å². The standard InChI is InChI=1S/C11H21Si2.3C7H6O2.Ti/c1-12(2,3)10-7-8-11(9-10)13(4,5)6;3*8-7(9)6-4-2-1-3-5-6;/h7H,8H2,1-6H3;3*1-5H,(H,8,9);/q-1;;;;+4/p-3. The van der Waals surface area contributed by atoms with Gasteiger partial charge in [0, 0.05) is 8.07 Å². The Hall–Kier alpha value is -3.30. The van der Waals surface area contributed by atoms with Gasteiger partial charge >= 0.3 is 21.7 Å². The summed E-state index contributed by atoms with van der Waals surface area (Å²) in [5.74, 6) is -3.39. The molecule has 212 valence electrons. The van der Waals surface area contributed by atoms with Crippen LogP contribution in [0.5, 0.6) is 0 Å². The second kappa shape index (κ2) is 18.2. The van der Waals surface area contributed by atoms with Gasteiger partial charge in [-0.2, -0.15) is 5.20 Å². The fourth-order valence-electron chi connectivity index (χ4n) is 3.18. The number of hydrogen-bond donors (Lipinski definition) is 0. The van der Waals surface area contributed by atoms with Gasteiger partial charge in [0.1, 0.15) is 0 Å².